The van der Waals surface area contributed by atoms with Crippen LogP contribution in [0, 0.1) is 5.41 Å². The molecule has 0 aliphatic rings. The molecule has 0 saturated carbocycles. The summed E-state index contributed by atoms with van der Waals surface area (Å²) < 4.78 is 0. The SMILES string of the molecule is CCC(C)(C[NH-])C[NH-].[Cl][Pt+2][Cl]. The molecule has 0 unspecified atom stereocenters. The summed E-state index contributed by atoms with van der Waals surface area (Å²) in [6.07, 6.45) is 0.944. The first-order valence-electron chi connectivity index (χ1n) is 3.21. The number of nitrogens with one attached hydrogen (secondary N) is 2. The van der Waals surface area contributed by atoms with Gasteiger partial charge in [-0.3, -0.25) is 0 Å². The predicted octanol–water partition coefficient (Wildman–Crippen LogP) is 3.88. The summed E-state index contributed by atoms with van der Waals surface area (Å²) >= 11 is -0.472. The van der Waals surface area contributed by atoms with E-state index in [1.54, 1.807) is 0 Å². The summed E-state index contributed by atoms with van der Waals surface area (Å²) in [7, 11) is 9.75. The molecule has 5 heteroatoms. The molecule has 72 valence electrons. The topological polar surface area (TPSA) is 47.6 Å². The normalized spacial score (nSPS) is 10.7. The minimum atomic E-state index is -0.472. The molecule has 0 fully saturated rings. The van der Waals surface area contributed by atoms with Gasteiger partial charge in [0, 0.05) is 0 Å². The van der Waals surface area contributed by atoms with E-state index in [-0.39, 0.29) is 5.41 Å². The standard InChI is InChI=1S/C6H14N2.2ClH.Pt/c1-3-6(2,4-7)5-8;;;/h7-8H,3-5H2,1-2H3;2*1H;/q-2;;;+4/p-2. The zero-order valence-electron chi connectivity index (χ0n) is 6.69. The molecule has 0 bridgehead atoms. The van der Waals surface area contributed by atoms with E-state index in [4.69, 9.17) is 30.3 Å². The van der Waals surface area contributed by atoms with E-state index in [9.17, 15) is 0 Å². The van der Waals surface area contributed by atoms with Crippen molar-refractivity contribution in [1.29, 1.82) is 0 Å². The summed E-state index contributed by atoms with van der Waals surface area (Å²) in [5.41, 5.74) is 14.0. The van der Waals surface area contributed by atoms with E-state index in [1.807, 2.05) is 13.8 Å². The first-order chi connectivity index (χ1) is 5.10. The van der Waals surface area contributed by atoms with Crippen LogP contribution in [-0.2, 0) is 16.5 Å². The third kappa shape index (κ3) is 9.10. The van der Waals surface area contributed by atoms with Crippen molar-refractivity contribution in [3.8, 4) is 0 Å². The molecule has 0 radical (unpaired) electrons. The van der Waals surface area contributed by atoms with Crippen molar-refractivity contribution >= 4 is 18.8 Å². The van der Waals surface area contributed by atoms with Crippen molar-refractivity contribution in [2.24, 2.45) is 5.41 Å². The van der Waals surface area contributed by atoms with E-state index >= 15 is 0 Å². The maximum absolute atomic E-state index is 7.04. The maximum atomic E-state index is 7.04. The van der Waals surface area contributed by atoms with Gasteiger partial charge >= 0.3 is 35.3 Å². The monoisotopic (exact) mass is 379 g/mol. The Morgan fingerprint density at radius 2 is 1.55 bits per heavy atom. The summed E-state index contributed by atoms with van der Waals surface area (Å²) in [6.45, 7) is 4.77. The van der Waals surface area contributed by atoms with E-state index in [2.05, 4.69) is 0 Å². The van der Waals surface area contributed by atoms with E-state index < -0.39 is 16.5 Å². The van der Waals surface area contributed by atoms with Crippen molar-refractivity contribution in [1.82, 2.24) is 0 Å². The quantitative estimate of drug-likeness (QED) is 0.714. The van der Waals surface area contributed by atoms with Crippen molar-refractivity contribution < 1.29 is 16.5 Å². The molecule has 0 saturated heterocycles. The van der Waals surface area contributed by atoms with Gasteiger partial charge in [-0.05, 0) is 0 Å². The van der Waals surface area contributed by atoms with Crippen molar-refractivity contribution in [3.05, 3.63) is 11.5 Å². The van der Waals surface area contributed by atoms with Crippen molar-refractivity contribution in [2.45, 2.75) is 20.3 Å². The molecular formula is C6H14Cl2N2Pt. The fourth-order valence-electron chi connectivity index (χ4n) is 0.312. The van der Waals surface area contributed by atoms with Crippen LogP contribution in [0.1, 0.15) is 20.3 Å². The van der Waals surface area contributed by atoms with Crippen LogP contribution in [0.5, 0.6) is 0 Å². The van der Waals surface area contributed by atoms with Gasteiger partial charge in [0.2, 0.25) is 0 Å². The molecule has 0 aromatic carbocycles. The average molecular weight is 380 g/mol. The Morgan fingerprint density at radius 3 is 1.55 bits per heavy atom. The Labute approximate surface area is 85.4 Å². The third-order valence-corrected chi connectivity index (χ3v) is 1.71. The summed E-state index contributed by atoms with van der Waals surface area (Å²) in [5.74, 6) is 0. The fourth-order valence-corrected chi connectivity index (χ4v) is 0.312. The van der Waals surface area contributed by atoms with Crippen LogP contribution in [0.3, 0.4) is 0 Å². The van der Waals surface area contributed by atoms with Gasteiger partial charge in [0.05, 0.1) is 0 Å². The first-order valence-corrected chi connectivity index (χ1v) is 8.84. The van der Waals surface area contributed by atoms with E-state index in [0.717, 1.165) is 6.42 Å². The second-order valence-corrected chi connectivity index (χ2v) is 5.85. The fraction of sp³-hybridized carbons (Fsp3) is 1.00. The minimum absolute atomic E-state index is 0.0417. The molecule has 0 aromatic rings. The summed E-state index contributed by atoms with van der Waals surface area (Å²) in [4.78, 5) is 0. The zero-order valence-corrected chi connectivity index (χ0v) is 10.5. The predicted molar refractivity (Wildman–Crippen MR) is 48.5 cm³/mol. The molecule has 2 N–H and O–H groups in total. The molecular weight excluding hydrogens is 366 g/mol. The van der Waals surface area contributed by atoms with Crippen LogP contribution in [-0.4, -0.2) is 13.1 Å². The molecule has 2 nitrogen and oxygen atoms in total. The Kier molecular flexibility index (Phi) is 12.4. The van der Waals surface area contributed by atoms with Gasteiger partial charge in [-0.1, -0.05) is 25.7 Å². The number of rotatable bonds is 3. The van der Waals surface area contributed by atoms with Crippen LogP contribution >= 0.6 is 18.8 Å². The van der Waals surface area contributed by atoms with Crippen LogP contribution < -0.4 is 0 Å². The van der Waals surface area contributed by atoms with Crippen LogP contribution in [0.15, 0.2) is 0 Å². The first kappa shape index (κ1) is 14.7. The van der Waals surface area contributed by atoms with Gasteiger partial charge in [-0.25, -0.2) is 0 Å². The molecule has 0 aliphatic heterocycles. The molecule has 11 heavy (non-hydrogen) atoms. The zero-order chi connectivity index (χ0) is 9.33. The summed E-state index contributed by atoms with van der Waals surface area (Å²) in [6, 6.07) is 0. The number of halogens is 2. The van der Waals surface area contributed by atoms with Gasteiger partial charge in [0.15, 0.2) is 0 Å². The molecule has 0 rings (SSSR count). The second kappa shape index (κ2) is 9.28. The van der Waals surface area contributed by atoms with E-state index in [0.29, 0.717) is 13.1 Å². The Balaban J connectivity index is 0. The van der Waals surface area contributed by atoms with Gasteiger partial charge in [-0.15, -0.1) is 13.1 Å². The molecule has 0 aliphatic carbocycles. The molecule has 0 amide bonds. The molecule has 0 atom stereocenters. The van der Waals surface area contributed by atoms with Gasteiger partial charge in [0.25, 0.3) is 0 Å². The number of hydrogen-bond donors (Lipinski definition) is 0. The summed E-state index contributed by atoms with van der Waals surface area (Å²) in [5, 5.41) is 0. The third-order valence-electron chi connectivity index (χ3n) is 1.71. The Morgan fingerprint density at radius 1 is 1.27 bits per heavy atom. The Hall–Kier alpha value is 1.19. The van der Waals surface area contributed by atoms with Gasteiger partial charge < -0.3 is 11.5 Å². The van der Waals surface area contributed by atoms with Crippen LogP contribution in [0.4, 0.5) is 0 Å². The molecule has 0 spiro atoms. The molecule has 0 heterocycles. The second-order valence-electron chi connectivity index (χ2n) is 2.56. The van der Waals surface area contributed by atoms with E-state index in [1.165, 1.54) is 0 Å². The Bertz CT molecular complexity index is 70.7. The number of hydrogen-bond acceptors (Lipinski definition) is 0. The van der Waals surface area contributed by atoms with Gasteiger partial charge in [0.1, 0.15) is 0 Å². The molecule has 0 aromatic heterocycles. The van der Waals surface area contributed by atoms with Crippen LogP contribution in [0.2, 0.25) is 0 Å². The van der Waals surface area contributed by atoms with Crippen molar-refractivity contribution in [3.63, 3.8) is 0 Å². The van der Waals surface area contributed by atoms with Gasteiger partial charge in [-0.2, -0.15) is 0 Å². The van der Waals surface area contributed by atoms with Crippen LogP contribution in [0.25, 0.3) is 11.5 Å². The average Bonchev–Trinajstić information content (AvgIpc) is 2.05. The van der Waals surface area contributed by atoms with Crippen molar-refractivity contribution in [2.75, 3.05) is 13.1 Å².